The fourth-order valence-electron chi connectivity index (χ4n) is 2.11. The molecule has 0 saturated carbocycles. The molecule has 0 aliphatic heterocycles. The normalized spacial score (nSPS) is 10.9. The number of anilines is 2. The summed E-state index contributed by atoms with van der Waals surface area (Å²) in [6, 6.07) is 10.7. The second-order valence-corrected chi connectivity index (χ2v) is 5.90. The van der Waals surface area contributed by atoms with Crippen LogP contribution in [0.15, 0.2) is 53.9 Å². The molecule has 2 aromatic carbocycles. The van der Waals surface area contributed by atoms with Gasteiger partial charge in [-0.15, -0.1) is 11.3 Å². The summed E-state index contributed by atoms with van der Waals surface area (Å²) in [5, 5.41) is 15.6. The van der Waals surface area contributed by atoms with Gasteiger partial charge in [-0.3, -0.25) is 10.1 Å². The first-order chi connectivity index (χ1) is 11.8. The lowest BCUT2D eigenvalue weighted by Gasteiger charge is -2.08. The average Bonchev–Trinajstić information content (AvgIpc) is 3.03. The van der Waals surface area contributed by atoms with E-state index in [1.54, 1.807) is 17.5 Å². The molecule has 1 aromatic heterocycles. The SMILES string of the molecule is O=[N+]([O-])c1ccc(-c2csc(Nc3cccc(C(F)(F)F)c3)n2)cc1.[Br-]. The Hall–Kier alpha value is -2.46. The van der Waals surface area contributed by atoms with E-state index in [1.165, 1.54) is 35.6 Å². The van der Waals surface area contributed by atoms with E-state index >= 15 is 0 Å². The molecule has 136 valence electrons. The zero-order chi connectivity index (χ0) is 18.0. The quantitative estimate of drug-likeness (QED) is 0.495. The van der Waals surface area contributed by atoms with Crippen molar-refractivity contribution in [3.63, 3.8) is 0 Å². The molecule has 0 saturated heterocycles. The molecule has 1 N–H and O–H groups in total. The highest BCUT2D eigenvalue weighted by Gasteiger charge is 2.30. The number of non-ortho nitro benzene ring substituents is 1. The number of nitro benzene ring substituents is 1. The fraction of sp³-hybridized carbons (Fsp3) is 0.0625. The van der Waals surface area contributed by atoms with Crippen molar-refractivity contribution in [2.75, 3.05) is 5.32 Å². The first-order valence-corrected chi connectivity index (χ1v) is 7.85. The number of hydrogen-bond donors (Lipinski definition) is 1. The van der Waals surface area contributed by atoms with Crippen molar-refractivity contribution in [1.29, 1.82) is 0 Å². The van der Waals surface area contributed by atoms with Gasteiger partial charge in [0, 0.05) is 28.8 Å². The Bertz CT molecular complexity index is 914. The van der Waals surface area contributed by atoms with Gasteiger partial charge < -0.3 is 22.3 Å². The maximum absolute atomic E-state index is 12.7. The zero-order valence-corrected chi connectivity index (χ0v) is 15.2. The van der Waals surface area contributed by atoms with Crippen molar-refractivity contribution in [3.05, 3.63) is 69.6 Å². The maximum Gasteiger partial charge on any atom is 0.416 e. The van der Waals surface area contributed by atoms with Crippen LogP contribution in [-0.2, 0) is 6.18 Å². The molecule has 0 fully saturated rings. The molecule has 0 aliphatic rings. The van der Waals surface area contributed by atoms with E-state index in [2.05, 4.69) is 10.3 Å². The van der Waals surface area contributed by atoms with E-state index in [9.17, 15) is 23.3 Å². The Kier molecular flexibility index (Phi) is 5.98. The second kappa shape index (κ2) is 7.83. The Morgan fingerprint density at radius 2 is 1.81 bits per heavy atom. The maximum atomic E-state index is 12.7. The van der Waals surface area contributed by atoms with E-state index in [-0.39, 0.29) is 28.4 Å². The monoisotopic (exact) mass is 444 g/mol. The first kappa shape index (κ1) is 19.9. The smallest absolute Gasteiger partial charge is 0.416 e. The van der Waals surface area contributed by atoms with Gasteiger partial charge in [-0.1, -0.05) is 6.07 Å². The molecule has 1 heterocycles. The molecule has 0 radical (unpaired) electrons. The van der Waals surface area contributed by atoms with Crippen molar-refractivity contribution < 1.29 is 35.1 Å². The summed E-state index contributed by atoms with van der Waals surface area (Å²) < 4.78 is 38.2. The lowest BCUT2D eigenvalue weighted by molar-refractivity contribution is -0.384. The molecule has 0 atom stereocenters. The molecule has 3 aromatic rings. The summed E-state index contributed by atoms with van der Waals surface area (Å²) in [5.41, 5.74) is 0.763. The van der Waals surface area contributed by atoms with Gasteiger partial charge in [-0.05, 0) is 30.3 Å². The van der Waals surface area contributed by atoms with E-state index in [0.717, 1.165) is 12.1 Å². The van der Waals surface area contributed by atoms with Gasteiger partial charge >= 0.3 is 6.18 Å². The number of hydrogen-bond acceptors (Lipinski definition) is 5. The number of nitrogens with one attached hydrogen (secondary N) is 1. The minimum Gasteiger partial charge on any atom is -1.00 e. The van der Waals surface area contributed by atoms with Crippen molar-refractivity contribution in [3.8, 4) is 11.3 Å². The van der Waals surface area contributed by atoms with E-state index in [4.69, 9.17) is 0 Å². The summed E-state index contributed by atoms with van der Waals surface area (Å²) in [7, 11) is 0. The highest BCUT2D eigenvalue weighted by Crippen LogP contribution is 2.32. The van der Waals surface area contributed by atoms with Crippen molar-refractivity contribution >= 4 is 27.8 Å². The lowest BCUT2D eigenvalue weighted by atomic mass is 10.1. The van der Waals surface area contributed by atoms with Gasteiger partial charge in [0.15, 0.2) is 5.13 Å². The summed E-state index contributed by atoms with van der Waals surface area (Å²) in [4.78, 5) is 14.5. The van der Waals surface area contributed by atoms with Gasteiger partial charge in [0.05, 0.1) is 16.2 Å². The third-order valence-electron chi connectivity index (χ3n) is 3.32. The Morgan fingerprint density at radius 1 is 1.12 bits per heavy atom. The Balaban J connectivity index is 0.00000243. The van der Waals surface area contributed by atoms with Crippen LogP contribution in [0.25, 0.3) is 11.3 Å². The largest absolute Gasteiger partial charge is 1.00 e. The van der Waals surface area contributed by atoms with Crippen LogP contribution >= 0.6 is 11.3 Å². The second-order valence-electron chi connectivity index (χ2n) is 5.05. The van der Waals surface area contributed by atoms with E-state index < -0.39 is 16.7 Å². The highest BCUT2D eigenvalue weighted by molar-refractivity contribution is 7.14. The van der Waals surface area contributed by atoms with E-state index in [1.807, 2.05) is 0 Å². The Labute approximate surface area is 160 Å². The molecule has 26 heavy (non-hydrogen) atoms. The molecule has 0 bridgehead atoms. The molecular weight excluding hydrogens is 435 g/mol. The van der Waals surface area contributed by atoms with Crippen molar-refractivity contribution in [1.82, 2.24) is 4.98 Å². The number of alkyl halides is 3. The summed E-state index contributed by atoms with van der Waals surface area (Å²) >= 11 is 1.23. The standard InChI is InChI=1S/C16H10F3N3O2S.BrH/c17-16(18,19)11-2-1-3-12(8-11)20-15-21-14(9-25-15)10-4-6-13(7-5-10)22(23)24;/h1-9H,(H,20,21);1H/p-1. The zero-order valence-electron chi connectivity index (χ0n) is 12.8. The first-order valence-electron chi connectivity index (χ1n) is 6.97. The fourth-order valence-corrected chi connectivity index (χ4v) is 2.85. The third-order valence-corrected chi connectivity index (χ3v) is 4.08. The summed E-state index contributed by atoms with van der Waals surface area (Å²) in [6.45, 7) is 0. The molecule has 0 spiro atoms. The number of nitrogens with zero attached hydrogens (tertiary/aromatic N) is 2. The predicted octanol–water partition coefficient (Wildman–Crippen LogP) is 2.48. The minimum absolute atomic E-state index is 0. The van der Waals surface area contributed by atoms with Crippen LogP contribution in [0.5, 0.6) is 0 Å². The number of benzene rings is 2. The highest BCUT2D eigenvalue weighted by atomic mass is 79.9. The molecule has 10 heteroatoms. The van der Waals surface area contributed by atoms with Gasteiger partial charge in [0.2, 0.25) is 0 Å². The van der Waals surface area contributed by atoms with Gasteiger partial charge in [-0.2, -0.15) is 13.2 Å². The van der Waals surface area contributed by atoms with Gasteiger partial charge in [0.25, 0.3) is 5.69 Å². The van der Waals surface area contributed by atoms with Crippen LogP contribution in [0.2, 0.25) is 0 Å². The minimum atomic E-state index is -4.41. The third kappa shape index (κ3) is 4.58. The average molecular weight is 445 g/mol. The Morgan fingerprint density at radius 3 is 2.42 bits per heavy atom. The van der Waals surface area contributed by atoms with Crippen molar-refractivity contribution in [2.24, 2.45) is 0 Å². The molecule has 5 nitrogen and oxygen atoms in total. The topological polar surface area (TPSA) is 68.1 Å². The number of halogens is 4. The van der Waals surface area contributed by atoms with Crippen LogP contribution in [-0.4, -0.2) is 9.91 Å². The van der Waals surface area contributed by atoms with Crippen LogP contribution in [0.4, 0.5) is 29.7 Å². The molecule has 3 rings (SSSR count). The van der Waals surface area contributed by atoms with Crippen LogP contribution < -0.4 is 22.3 Å². The number of rotatable bonds is 4. The van der Waals surface area contributed by atoms with Gasteiger partial charge in [0.1, 0.15) is 0 Å². The predicted molar refractivity (Wildman–Crippen MR) is 88.9 cm³/mol. The summed E-state index contributed by atoms with van der Waals surface area (Å²) in [6.07, 6.45) is -4.41. The molecular formula is C16H10BrF3N3O2S-. The number of nitro groups is 1. The number of thiazole rings is 1. The van der Waals surface area contributed by atoms with Crippen LogP contribution in [0.1, 0.15) is 5.56 Å². The molecule has 0 unspecified atom stereocenters. The van der Waals surface area contributed by atoms with Gasteiger partial charge in [-0.25, -0.2) is 4.98 Å². The van der Waals surface area contributed by atoms with Crippen molar-refractivity contribution in [2.45, 2.75) is 6.18 Å². The van der Waals surface area contributed by atoms with E-state index in [0.29, 0.717) is 16.4 Å². The molecule has 0 amide bonds. The number of aromatic nitrogens is 1. The van der Waals surface area contributed by atoms with Crippen LogP contribution in [0, 0.1) is 10.1 Å². The molecule has 0 aliphatic carbocycles. The van der Waals surface area contributed by atoms with Crippen LogP contribution in [0.3, 0.4) is 0 Å². The summed E-state index contributed by atoms with van der Waals surface area (Å²) in [5.74, 6) is 0. The lowest BCUT2D eigenvalue weighted by Crippen LogP contribution is -3.00.